The van der Waals surface area contributed by atoms with E-state index in [2.05, 4.69) is 34.4 Å². The van der Waals surface area contributed by atoms with E-state index in [1.165, 1.54) is 7.11 Å². The second kappa shape index (κ2) is 11.6. The summed E-state index contributed by atoms with van der Waals surface area (Å²) in [6, 6.07) is 7.27. The van der Waals surface area contributed by atoms with Crippen molar-refractivity contribution >= 4 is 28.5 Å². The standard InChI is InChI=1S/C27H36N6O3/c1-18(2)16-33-10-7-19(8-11-33)14-29-27(35)21-12-22(30-24(34)17-36-4)25-23(13-21)31-26(32(25)3)20-6-5-9-28-15-20/h5-6,9,12-13,15,18-19H,7-8,10-11,14,16-17H2,1-4H3,(H,29,35)(H,30,34). The number of imidazole rings is 1. The normalized spacial score (nSPS) is 14.9. The highest BCUT2D eigenvalue weighted by Gasteiger charge is 2.22. The largest absolute Gasteiger partial charge is 0.375 e. The fourth-order valence-electron chi connectivity index (χ4n) is 4.88. The van der Waals surface area contributed by atoms with Crippen LogP contribution in [0, 0.1) is 11.8 Å². The van der Waals surface area contributed by atoms with Gasteiger partial charge in [0.2, 0.25) is 5.91 Å². The van der Waals surface area contributed by atoms with Crippen LogP contribution in [0.4, 0.5) is 5.69 Å². The van der Waals surface area contributed by atoms with E-state index >= 15 is 0 Å². The molecule has 0 saturated carbocycles. The summed E-state index contributed by atoms with van der Waals surface area (Å²) in [7, 11) is 3.35. The van der Waals surface area contributed by atoms with Crippen LogP contribution in [0.1, 0.15) is 37.0 Å². The Kier molecular flexibility index (Phi) is 8.32. The van der Waals surface area contributed by atoms with Gasteiger partial charge in [0.25, 0.3) is 5.91 Å². The van der Waals surface area contributed by atoms with Crippen LogP contribution in [0.2, 0.25) is 0 Å². The molecule has 192 valence electrons. The molecule has 36 heavy (non-hydrogen) atoms. The molecule has 4 rings (SSSR count). The first-order valence-electron chi connectivity index (χ1n) is 12.6. The van der Waals surface area contributed by atoms with E-state index in [1.807, 2.05) is 23.7 Å². The lowest BCUT2D eigenvalue weighted by molar-refractivity contribution is -0.119. The van der Waals surface area contributed by atoms with Gasteiger partial charge in [0.15, 0.2) is 0 Å². The van der Waals surface area contributed by atoms with E-state index < -0.39 is 0 Å². The number of piperidine rings is 1. The van der Waals surface area contributed by atoms with Gasteiger partial charge in [0.05, 0.1) is 16.7 Å². The molecule has 9 nitrogen and oxygen atoms in total. The molecule has 0 bridgehead atoms. The van der Waals surface area contributed by atoms with Gasteiger partial charge in [-0.25, -0.2) is 4.98 Å². The maximum Gasteiger partial charge on any atom is 0.251 e. The first-order valence-corrected chi connectivity index (χ1v) is 12.6. The number of aromatic nitrogens is 3. The first-order chi connectivity index (χ1) is 17.4. The Bertz CT molecular complexity index is 1200. The monoisotopic (exact) mass is 492 g/mol. The van der Waals surface area contributed by atoms with Gasteiger partial charge >= 0.3 is 0 Å². The molecule has 3 aromatic rings. The summed E-state index contributed by atoms with van der Waals surface area (Å²) in [5.41, 5.74) is 3.18. The third kappa shape index (κ3) is 6.09. The molecular weight excluding hydrogens is 456 g/mol. The summed E-state index contributed by atoms with van der Waals surface area (Å²) in [6.07, 6.45) is 5.61. The number of rotatable bonds is 9. The zero-order valence-electron chi connectivity index (χ0n) is 21.6. The van der Waals surface area contributed by atoms with Crippen LogP contribution in [-0.2, 0) is 16.6 Å². The molecule has 0 aliphatic carbocycles. The molecule has 2 amide bonds. The van der Waals surface area contributed by atoms with E-state index in [1.54, 1.807) is 24.5 Å². The number of benzene rings is 1. The third-order valence-electron chi connectivity index (χ3n) is 6.58. The Morgan fingerprint density at radius 3 is 2.67 bits per heavy atom. The van der Waals surface area contributed by atoms with Crippen LogP contribution in [-0.4, -0.2) is 71.1 Å². The lowest BCUT2D eigenvalue weighted by Gasteiger charge is -2.33. The summed E-state index contributed by atoms with van der Waals surface area (Å²) in [4.78, 5) is 37.0. The van der Waals surface area contributed by atoms with Gasteiger partial charge < -0.3 is 24.8 Å². The van der Waals surface area contributed by atoms with Crippen molar-refractivity contribution in [1.29, 1.82) is 0 Å². The molecule has 2 aromatic heterocycles. The molecule has 2 N–H and O–H groups in total. The van der Waals surface area contributed by atoms with E-state index in [-0.39, 0.29) is 18.4 Å². The van der Waals surface area contributed by atoms with E-state index in [0.717, 1.165) is 43.6 Å². The van der Waals surface area contributed by atoms with Crippen molar-refractivity contribution in [3.8, 4) is 11.4 Å². The molecule has 0 radical (unpaired) electrons. The zero-order chi connectivity index (χ0) is 25.7. The Hall–Kier alpha value is -3.30. The molecule has 1 aromatic carbocycles. The van der Waals surface area contributed by atoms with E-state index in [9.17, 15) is 9.59 Å². The molecule has 1 saturated heterocycles. The zero-order valence-corrected chi connectivity index (χ0v) is 21.6. The third-order valence-corrected chi connectivity index (χ3v) is 6.58. The molecule has 1 aliphatic rings. The Balaban J connectivity index is 1.55. The highest BCUT2D eigenvalue weighted by atomic mass is 16.5. The second-order valence-corrected chi connectivity index (χ2v) is 9.96. The Morgan fingerprint density at radius 1 is 1.22 bits per heavy atom. The predicted octanol–water partition coefficient (Wildman–Crippen LogP) is 3.32. The fourth-order valence-corrected chi connectivity index (χ4v) is 4.88. The van der Waals surface area contributed by atoms with Gasteiger partial charge in [-0.2, -0.15) is 0 Å². The number of aryl methyl sites for hydroxylation is 1. The Morgan fingerprint density at radius 2 is 2.00 bits per heavy atom. The molecule has 1 aliphatic heterocycles. The number of pyridine rings is 1. The van der Waals surface area contributed by atoms with Crippen molar-refractivity contribution < 1.29 is 14.3 Å². The van der Waals surface area contributed by atoms with Gasteiger partial charge in [-0.05, 0) is 62.0 Å². The number of nitrogens with one attached hydrogen (secondary N) is 2. The van der Waals surface area contributed by atoms with E-state index in [4.69, 9.17) is 9.72 Å². The lowest BCUT2D eigenvalue weighted by atomic mass is 9.96. The van der Waals surface area contributed by atoms with Crippen LogP contribution < -0.4 is 10.6 Å². The van der Waals surface area contributed by atoms with Crippen LogP contribution in [0.5, 0.6) is 0 Å². The molecular formula is C27H36N6O3. The van der Waals surface area contributed by atoms with Crippen LogP contribution in [0.3, 0.4) is 0 Å². The van der Waals surface area contributed by atoms with Crippen molar-refractivity contribution in [3.05, 3.63) is 42.2 Å². The summed E-state index contributed by atoms with van der Waals surface area (Å²) in [5, 5.41) is 5.99. The van der Waals surface area contributed by atoms with Crippen LogP contribution in [0.25, 0.3) is 22.4 Å². The van der Waals surface area contributed by atoms with Gasteiger partial charge in [-0.15, -0.1) is 0 Å². The quantitative estimate of drug-likeness (QED) is 0.475. The number of anilines is 1. The predicted molar refractivity (Wildman–Crippen MR) is 141 cm³/mol. The Labute approximate surface area is 212 Å². The fraction of sp³-hybridized carbons (Fsp3) is 0.481. The van der Waals surface area contributed by atoms with Gasteiger partial charge in [0.1, 0.15) is 12.4 Å². The van der Waals surface area contributed by atoms with Gasteiger partial charge in [-0.1, -0.05) is 13.8 Å². The number of amides is 2. The molecule has 9 heteroatoms. The molecule has 0 spiro atoms. The summed E-state index contributed by atoms with van der Waals surface area (Å²) >= 11 is 0. The minimum atomic E-state index is -0.298. The minimum absolute atomic E-state index is 0.0826. The van der Waals surface area contributed by atoms with Gasteiger partial charge in [-0.3, -0.25) is 14.6 Å². The summed E-state index contributed by atoms with van der Waals surface area (Å²) < 4.78 is 6.88. The first kappa shape index (κ1) is 25.8. The number of hydrogen-bond acceptors (Lipinski definition) is 6. The SMILES string of the molecule is COCC(=O)Nc1cc(C(=O)NCC2CCN(CC(C)C)CC2)cc2nc(-c3cccnc3)n(C)c12. The summed E-state index contributed by atoms with van der Waals surface area (Å²) in [5.74, 6) is 1.37. The van der Waals surface area contributed by atoms with Crippen molar-refractivity contribution in [1.82, 2.24) is 24.8 Å². The lowest BCUT2D eigenvalue weighted by Crippen LogP contribution is -2.40. The van der Waals surface area contributed by atoms with Gasteiger partial charge in [0, 0.05) is 50.8 Å². The van der Waals surface area contributed by atoms with Crippen molar-refractivity contribution in [2.75, 3.05) is 45.2 Å². The van der Waals surface area contributed by atoms with Crippen molar-refractivity contribution in [3.63, 3.8) is 0 Å². The molecule has 3 heterocycles. The number of ether oxygens (including phenoxy) is 1. The number of carbonyl (C=O) groups excluding carboxylic acids is 2. The highest BCUT2D eigenvalue weighted by molar-refractivity contribution is 6.06. The second-order valence-electron chi connectivity index (χ2n) is 9.96. The summed E-state index contributed by atoms with van der Waals surface area (Å²) in [6.45, 7) is 8.33. The average Bonchev–Trinajstić information content (AvgIpc) is 3.20. The number of fused-ring (bicyclic) bond motifs is 1. The molecule has 1 fully saturated rings. The van der Waals surface area contributed by atoms with Crippen LogP contribution in [0.15, 0.2) is 36.7 Å². The maximum absolute atomic E-state index is 13.2. The number of likely N-dealkylation sites (tertiary alicyclic amines) is 1. The van der Waals surface area contributed by atoms with Crippen molar-refractivity contribution in [2.45, 2.75) is 26.7 Å². The number of hydrogen-bond donors (Lipinski definition) is 2. The van der Waals surface area contributed by atoms with Crippen molar-refractivity contribution in [2.24, 2.45) is 18.9 Å². The number of nitrogens with zero attached hydrogens (tertiary/aromatic N) is 4. The minimum Gasteiger partial charge on any atom is -0.375 e. The molecule has 0 unspecified atom stereocenters. The van der Waals surface area contributed by atoms with Crippen LogP contribution >= 0.6 is 0 Å². The van der Waals surface area contributed by atoms with E-state index in [0.29, 0.717) is 41.0 Å². The highest BCUT2D eigenvalue weighted by Crippen LogP contribution is 2.30. The maximum atomic E-state index is 13.2. The smallest absolute Gasteiger partial charge is 0.251 e. The number of carbonyl (C=O) groups is 2. The average molecular weight is 493 g/mol. The topological polar surface area (TPSA) is 101 Å². The number of methoxy groups -OCH3 is 1. The molecule has 0 atom stereocenters.